The van der Waals surface area contributed by atoms with Gasteiger partial charge in [-0.2, -0.15) is 9.97 Å². The highest BCUT2D eigenvalue weighted by molar-refractivity contribution is 6.28. The first-order chi connectivity index (χ1) is 22.4. The Labute approximate surface area is 279 Å². The largest absolute Gasteiger partial charge is 0.497 e. The molecule has 5 rings (SSSR count). The third-order valence-corrected chi connectivity index (χ3v) is 8.35. The second kappa shape index (κ2) is 14.6. The molecule has 0 aliphatic carbocycles. The number of methoxy groups -OCH3 is 2. The normalized spacial score (nSPS) is 17.7. The van der Waals surface area contributed by atoms with Crippen molar-refractivity contribution in [1.82, 2.24) is 24.8 Å². The predicted molar refractivity (Wildman–Crippen MR) is 183 cm³/mol. The van der Waals surface area contributed by atoms with Gasteiger partial charge in [-0.25, -0.2) is 14.3 Å². The Morgan fingerprint density at radius 2 is 1.87 bits per heavy atom. The molecule has 13 nitrogen and oxygen atoms in total. The van der Waals surface area contributed by atoms with Crippen molar-refractivity contribution in [1.29, 1.82) is 0 Å². The molecular formula is C33H43ClN8O5. The first-order valence-corrected chi connectivity index (χ1v) is 15.9. The summed E-state index contributed by atoms with van der Waals surface area (Å²) in [6.07, 6.45) is 1.36. The molecule has 0 unspecified atom stereocenters. The number of nitrogen functional groups attached to an aromatic ring is 1. The summed E-state index contributed by atoms with van der Waals surface area (Å²) < 4.78 is 24.3. The Morgan fingerprint density at radius 1 is 1.13 bits per heavy atom. The maximum absolute atomic E-state index is 13.4. The number of carbonyl (C=O) groups is 1. The van der Waals surface area contributed by atoms with Crippen LogP contribution >= 0.6 is 11.6 Å². The second-order valence-electron chi connectivity index (χ2n) is 12.0. The van der Waals surface area contributed by atoms with Crippen LogP contribution in [0, 0.1) is 0 Å². The van der Waals surface area contributed by atoms with Gasteiger partial charge in [0.05, 0.1) is 45.2 Å². The predicted octanol–water partition coefficient (Wildman–Crippen LogP) is 4.88. The van der Waals surface area contributed by atoms with Gasteiger partial charge in [0.2, 0.25) is 5.28 Å². The van der Waals surface area contributed by atoms with Crippen molar-refractivity contribution < 1.29 is 23.7 Å². The number of imidazole rings is 1. The second-order valence-corrected chi connectivity index (χ2v) is 12.3. The van der Waals surface area contributed by atoms with Crippen molar-refractivity contribution in [3.8, 4) is 11.5 Å². The Hall–Kier alpha value is -4.33. The lowest BCUT2D eigenvalue weighted by Crippen LogP contribution is -2.45. The monoisotopic (exact) mass is 666 g/mol. The molecule has 0 spiro atoms. The van der Waals surface area contributed by atoms with E-state index in [4.69, 9.17) is 36.3 Å². The van der Waals surface area contributed by atoms with Gasteiger partial charge in [0.1, 0.15) is 17.8 Å². The summed E-state index contributed by atoms with van der Waals surface area (Å²) >= 11 is 6.34. The topological polar surface area (TPSA) is 142 Å². The van der Waals surface area contributed by atoms with E-state index >= 15 is 0 Å². The molecule has 3 N–H and O–H groups in total. The smallest absolute Gasteiger partial charge is 0.328 e. The number of ether oxygens (including phenoxy) is 4. The van der Waals surface area contributed by atoms with Gasteiger partial charge in [0, 0.05) is 49.7 Å². The lowest BCUT2D eigenvalue weighted by Gasteiger charge is -2.37. The van der Waals surface area contributed by atoms with Crippen LogP contribution in [0.4, 0.5) is 22.0 Å². The number of fused-ring (bicyclic) bond motifs is 1. The van der Waals surface area contributed by atoms with Crippen LogP contribution in [0.5, 0.6) is 11.5 Å². The lowest BCUT2D eigenvalue weighted by molar-refractivity contribution is -0.00524. The van der Waals surface area contributed by atoms with Gasteiger partial charge in [-0.15, -0.1) is 0 Å². The Morgan fingerprint density at radius 3 is 2.57 bits per heavy atom. The van der Waals surface area contributed by atoms with Crippen LogP contribution in [0.1, 0.15) is 38.8 Å². The van der Waals surface area contributed by atoms with Crippen LogP contribution in [-0.4, -0.2) is 84.3 Å². The molecule has 0 radical (unpaired) electrons. The number of amides is 1. The molecule has 14 heteroatoms. The molecule has 1 saturated heterocycles. The van der Waals surface area contributed by atoms with E-state index in [9.17, 15) is 4.79 Å². The van der Waals surface area contributed by atoms with Crippen LogP contribution in [0.25, 0.3) is 11.2 Å². The van der Waals surface area contributed by atoms with Crippen molar-refractivity contribution in [2.24, 2.45) is 0 Å². The quantitative estimate of drug-likeness (QED) is 0.167. The molecular weight excluding hydrogens is 624 g/mol. The van der Waals surface area contributed by atoms with Gasteiger partial charge >= 0.3 is 6.03 Å². The van der Waals surface area contributed by atoms with Gasteiger partial charge < -0.3 is 39.8 Å². The summed E-state index contributed by atoms with van der Waals surface area (Å²) in [5, 5.41) is 2.98. The van der Waals surface area contributed by atoms with Crippen LogP contribution in [0.2, 0.25) is 5.28 Å². The molecule has 0 saturated carbocycles. The number of nitrogens with two attached hydrogens (primary N) is 1. The number of hydrogen-bond acceptors (Lipinski definition) is 11. The fourth-order valence-corrected chi connectivity index (χ4v) is 5.86. The highest BCUT2D eigenvalue weighted by Gasteiger charge is 2.24. The molecule has 2 aromatic heterocycles. The number of carbonyl (C=O) groups excluding carboxylic acids is 1. The standard InChI is InChI=1S/C33H43ClN8O5/c1-19-14-41(15-20(2)47-19)26-11-23(10-25(35)12-26)17-46-22(4)21(3)37-33(43)42-18-36-29-30(38-32(34)39-31(29)42)40(5)16-24-8-9-27(44-6)13-28(24)45-7/h8-13,18-22H,14-17,35H2,1-7H3,(H,37,43)/t19-,20-,21+,22+/m0/s1. The van der Waals surface area contributed by atoms with E-state index in [1.165, 1.54) is 10.9 Å². The number of anilines is 3. The molecule has 3 heterocycles. The minimum atomic E-state index is -0.419. The van der Waals surface area contributed by atoms with Crippen LogP contribution in [0.15, 0.2) is 42.7 Å². The number of halogens is 1. The molecule has 1 amide bonds. The highest BCUT2D eigenvalue weighted by atomic mass is 35.5. The highest BCUT2D eigenvalue weighted by Crippen LogP contribution is 2.30. The molecule has 252 valence electrons. The maximum Gasteiger partial charge on any atom is 0.328 e. The average molecular weight is 667 g/mol. The zero-order chi connectivity index (χ0) is 33.8. The van der Waals surface area contributed by atoms with E-state index < -0.39 is 6.03 Å². The number of rotatable bonds is 11. The molecule has 1 aliphatic rings. The average Bonchev–Trinajstić information content (AvgIpc) is 3.46. The number of hydrogen-bond donors (Lipinski definition) is 2. The summed E-state index contributed by atoms with van der Waals surface area (Å²) in [4.78, 5) is 30.8. The first-order valence-electron chi connectivity index (χ1n) is 15.5. The molecule has 4 atom stereocenters. The number of aromatic nitrogens is 4. The Bertz CT molecular complexity index is 1710. The van der Waals surface area contributed by atoms with Crippen LogP contribution in [-0.2, 0) is 22.6 Å². The molecule has 2 aromatic carbocycles. The summed E-state index contributed by atoms with van der Waals surface area (Å²) in [5.74, 6) is 1.82. The van der Waals surface area contributed by atoms with Crippen LogP contribution < -0.4 is 30.3 Å². The number of nitrogens with one attached hydrogen (secondary N) is 1. The first kappa shape index (κ1) is 34.0. The summed E-state index contributed by atoms with van der Waals surface area (Å²) in [5.41, 5.74) is 10.5. The third kappa shape index (κ3) is 7.98. The van der Waals surface area contributed by atoms with Crippen molar-refractivity contribution in [3.05, 3.63) is 59.1 Å². The van der Waals surface area contributed by atoms with E-state index in [2.05, 4.69) is 45.1 Å². The number of benzene rings is 2. The summed E-state index contributed by atoms with van der Waals surface area (Å²) in [7, 11) is 5.06. The zero-order valence-corrected chi connectivity index (χ0v) is 28.6. The number of nitrogens with zero attached hydrogens (tertiary/aromatic N) is 6. The minimum absolute atomic E-state index is 0.0113. The molecule has 0 bridgehead atoms. The van der Waals surface area contributed by atoms with Crippen molar-refractivity contribution in [2.45, 2.75) is 65.2 Å². The molecule has 47 heavy (non-hydrogen) atoms. The molecule has 4 aromatic rings. The van der Waals surface area contributed by atoms with Gasteiger partial charge in [-0.1, -0.05) is 0 Å². The van der Waals surface area contributed by atoms with E-state index in [0.717, 1.165) is 29.9 Å². The fourth-order valence-electron chi connectivity index (χ4n) is 5.69. The zero-order valence-electron chi connectivity index (χ0n) is 27.9. The van der Waals surface area contributed by atoms with Crippen LogP contribution in [0.3, 0.4) is 0 Å². The summed E-state index contributed by atoms with van der Waals surface area (Å²) in [6, 6.07) is 10.8. The molecule has 1 aliphatic heterocycles. The van der Waals surface area contributed by atoms with Crippen molar-refractivity contribution in [3.63, 3.8) is 0 Å². The van der Waals surface area contributed by atoms with Crippen molar-refractivity contribution in [2.75, 3.05) is 49.9 Å². The Balaban J connectivity index is 1.25. The number of morpholine rings is 1. The minimum Gasteiger partial charge on any atom is -0.497 e. The maximum atomic E-state index is 13.4. The van der Waals surface area contributed by atoms with Crippen molar-refractivity contribution >= 4 is 46.0 Å². The summed E-state index contributed by atoms with van der Waals surface area (Å²) in [6.45, 7) is 10.3. The van der Waals surface area contributed by atoms with Gasteiger partial charge in [-0.05, 0) is 75.2 Å². The SMILES string of the molecule is COc1ccc(CN(C)c2nc(Cl)nc3c2ncn3C(=O)N[C@H](C)[C@@H](C)OCc2cc(N)cc(N3C[C@H](C)O[C@@H](C)C3)c2)c(OC)c1. The van der Waals surface area contributed by atoms with E-state index in [1.807, 2.05) is 56.1 Å². The third-order valence-electron chi connectivity index (χ3n) is 8.19. The molecule has 1 fully saturated rings. The van der Waals surface area contributed by atoms with E-state index in [-0.39, 0.29) is 35.3 Å². The van der Waals surface area contributed by atoms with Gasteiger partial charge in [0.15, 0.2) is 17.0 Å². The Kier molecular flexibility index (Phi) is 10.6. The van der Waals surface area contributed by atoms with Gasteiger partial charge in [0.25, 0.3) is 0 Å². The van der Waals surface area contributed by atoms with E-state index in [0.29, 0.717) is 41.7 Å². The lowest BCUT2D eigenvalue weighted by atomic mass is 10.1. The fraction of sp³-hybridized carbons (Fsp3) is 0.455. The van der Waals surface area contributed by atoms with Gasteiger partial charge in [-0.3, -0.25) is 0 Å². The van der Waals surface area contributed by atoms with E-state index in [1.54, 1.807) is 14.2 Å².